The average Bonchev–Trinajstić information content (AvgIpc) is 2.36. The molecule has 108 valence electrons. The van der Waals surface area contributed by atoms with Crippen molar-refractivity contribution in [3.8, 4) is 6.07 Å². The minimum atomic E-state index is -4.61. The number of carbonyl (C=O) groups is 1. The van der Waals surface area contributed by atoms with E-state index in [0.29, 0.717) is 6.07 Å². The summed E-state index contributed by atoms with van der Waals surface area (Å²) < 4.78 is 42.1. The van der Waals surface area contributed by atoms with Crippen LogP contribution in [0.5, 0.6) is 0 Å². The Morgan fingerprint density at radius 3 is 2.75 bits per heavy atom. The van der Waals surface area contributed by atoms with Crippen molar-refractivity contribution in [2.75, 3.05) is 25.1 Å². The highest BCUT2D eigenvalue weighted by molar-refractivity contribution is 5.68. The number of aliphatic carboxylic acids is 1. The third-order valence-electron chi connectivity index (χ3n) is 2.07. The molecule has 1 aromatic rings. The molecule has 6 nitrogen and oxygen atoms in total. The van der Waals surface area contributed by atoms with Gasteiger partial charge in [0.2, 0.25) is 0 Å². The highest BCUT2D eigenvalue weighted by Gasteiger charge is 2.33. The van der Waals surface area contributed by atoms with E-state index in [4.69, 9.17) is 15.1 Å². The molecule has 0 aliphatic heterocycles. The zero-order valence-corrected chi connectivity index (χ0v) is 10.1. The zero-order valence-electron chi connectivity index (χ0n) is 10.1. The largest absolute Gasteiger partial charge is 0.480 e. The van der Waals surface area contributed by atoms with Crippen LogP contribution in [0.1, 0.15) is 11.3 Å². The van der Waals surface area contributed by atoms with E-state index < -0.39 is 24.4 Å². The van der Waals surface area contributed by atoms with Gasteiger partial charge in [-0.25, -0.2) is 9.78 Å². The first-order chi connectivity index (χ1) is 9.34. The molecular weight excluding hydrogens is 279 g/mol. The van der Waals surface area contributed by atoms with Gasteiger partial charge in [0.1, 0.15) is 24.2 Å². The quantitative estimate of drug-likeness (QED) is 0.770. The monoisotopic (exact) mass is 289 g/mol. The first-order valence-electron chi connectivity index (χ1n) is 5.36. The summed E-state index contributed by atoms with van der Waals surface area (Å²) >= 11 is 0. The van der Waals surface area contributed by atoms with Crippen molar-refractivity contribution in [2.45, 2.75) is 6.18 Å². The van der Waals surface area contributed by atoms with Gasteiger partial charge in [0, 0.05) is 6.54 Å². The van der Waals surface area contributed by atoms with E-state index in [1.165, 1.54) is 0 Å². The molecule has 0 atom stereocenters. The maximum absolute atomic E-state index is 12.5. The maximum Gasteiger partial charge on any atom is 0.433 e. The van der Waals surface area contributed by atoms with Gasteiger partial charge >= 0.3 is 12.1 Å². The van der Waals surface area contributed by atoms with Crippen molar-refractivity contribution in [1.29, 1.82) is 5.26 Å². The van der Waals surface area contributed by atoms with Gasteiger partial charge in [-0.1, -0.05) is 0 Å². The number of ether oxygens (including phenoxy) is 1. The Labute approximate surface area is 111 Å². The summed E-state index contributed by atoms with van der Waals surface area (Å²) in [5.74, 6) is -1.37. The van der Waals surface area contributed by atoms with Gasteiger partial charge in [0.05, 0.1) is 12.2 Å². The standard InChI is InChI=1S/C11H10F3N3O3/c12-11(13,14)8-2-1-7(5-15)10(17-8)16-3-4-20-6-9(18)19/h1-2H,3-4,6H2,(H,16,17)(H,18,19). The van der Waals surface area contributed by atoms with E-state index >= 15 is 0 Å². The molecule has 0 radical (unpaired) electrons. The molecular formula is C11H10F3N3O3. The number of carboxylic acids is 1. The van der Waals surface area contributed by atoms with Crippen LogP contribution in [0, 0.1) is 11.3 Å². The number of halogens is 3. The topological polar surface area (TPSA) is 95.2 Å². The third-order valence-corrected chi connectivity index (χ3v) is 2.07. The lowest BCUT2D eigenvalue weighted by Gasteiger charge is -2.11. The summed E-state index contributed by atoms with van der Waals surface area (Å²) in [7, 11) is 0. The fourth-order valence-corrected chi connectivity index (χ4v) is 1.24. The van der Waals surface area contributed by atoms with Crippen molar-refractivity contribution < 1.29 is 27.8 Å². The first-order valence-corrected chi connectivity index (χ1v) is 5.36. The van der Waals surface area contributed by atoms with E-state index in [1.807, 2.05) is 0 Å². The van der Waals surface area contributed by atoms with Crippen LogP contribution in [0.2, 0.25) is 0 Å². The Hall–Kier alpha value is -2.34. The number of aromatic nitrogens is 1. The lowest BCUT2D eigenvalue weighted by atomic mass is 10.2. The smallest absolute Gasteiger partial charge is 0.433 e. The minimum absolute atomic E-state index is 0.0241. The molecule has 0 aliphatic rings. The summed E-state index contributed by atoms with van der Waals surface area (Å²) in [5.41, 5.74) is -1.17. The van der Waals surface area contributed by atoms with E-state index in [-0.39, 0.29) is 24.5 Å². The SMILES string of the molecule is N#Cc1ccc(C(F)(F)F)nc1NCCOCC(=O)O. The minimum Gasteiger partial charge on any atom is -0.480 e. The Kier molecular flexibility index (Phi) is 5.28. The van der Waals surface area contributed by atoms with E-state index in [2.05, 4.69) is 10.3 Å². The van der Waals surface area contributed by atoms with Crippen LogP contribution in [-0.4, -0.2) is 35.8 Å². The number of alkyl halides is 3. The summed E-state index contributed by atoms with van der Waals surface area (Å²) in [6, 6.07) is 3.43. The molecule has 9 heteroatoms. The molecule has 0 saturated heterocycles. The van der Waals surface area contributed by atoms with Crippen LogP contribution in [-0.2, 0) is 15.7 Å². The lowest BCUT2D eigenvalue weighted by Crippen LogP contribution is -2.16. The van der Waals surface area contributed by atoms with E-state index in [9.17, 15) is 18.0 Å². The third kappa shape index (κ3) is 4.74. The number of pyridine rings is 1. The number of hydrogen-bond donors (Lipinski definition) is 2. The first kappa shape index (κ1) is 15.7. The zero-order chi connectivity index (χ0) is 15.2. The van der Waals surface area contributed by atoms with Crippen molar-refractivity contribution in [3.63, 3.8) is 0 Å². The summed E-state index contributed by atoms with van der Waals surface area (Å²) in [4.78, 5) is 13.5. The molecule has 0 fully saturated rings. The Balaban J connectivity index is 2.68. The van der Waals surface area contributed by atoms with Crippen LogP contribution in [0.4, 0.5) is 19.0 Å². The molecule has 0 aromatic carbocycles. The fraction of sp³-hybridized carbons (Fsp3) is 0.364. The molecule has 0 saturated carbocycles. The molecule has 0 bridgehead atoms. The van der Waals surface area contributed by atoms with Crippen molar-refractivity contribution >= 4 is 11.8 Å². The van der Waals surface area contributed by atoms with Gasteiger partial charge in [-0.05, 0) is 12.1 Å². The molecule has 2 N–H and O–H groups in total. The number of carboxylic acid groups (broad SMARTS) is 1. The van der Waals surface area contributed by atoms with Gasteiger partial charge in [-0.2, -0.15) is 18.4 Å². The number of nitrogens with zero attached hydrogens (tertiary/aromatic N) is 2. The number of hydrogen-bond acceptors (Lipinski definition) is 5. The highest BCUT2D eigenvalue weighted by Crippen LogP contribution is 2.29. The molecule has 20 heavy (non-hydrogen) atoms. The maximum atomic E-state index is 12.5. The van der Waals surface area contributed by atoms with Gasteiger partial charge in [-0.3, -0.25) is 0 Å². The van der Waals surface area contributed by atoms with E-state index in [1.54, 1.807) is 6.07 Å². The second-order valence-corrected chi connectivity index (χ2v) is 3.58. The summed E-state index contributed by atoms with van der Waals surface area (Å²) in [6.07, 6.45) is -4.61. The molecule has 1 rings (SSSR count). The Morgan fingerprint density at radius 1 is 1.50 bits per heavy atom. The second-order valence-electron chi connectivity index (χ2n) is 3.58. The van der Waals surface area contributed by atoms with Crippen molar-refractivity contribution in [3.05, 3.63) is 23.4 Å². The van der Waals surface area contributed by atoms with Crippen LogP contribution in [0.15, 0.2) is 12.1 Å². The molecule has 0 unspecified atom stereocenters. The molecule has 0 spiro atoms. The highest BCUT2D eigenvalue weighted by atomic mass is 19.4. The number of anilines is 1. The summed E-state index contributed by atoms with van der Waals surface area (Å²) in [5, 5.41) is 19.6. The van der Waals surface area contributed by atoms with Gasteiger partial charge in [-0.15, -0.1) is 0 Å². The van der Waals surface area contributed by atoms with Gasteiger partial charge < -0.3 is 15.2 Å². The molecule has 0 aliphatic carbocycles. The predicted molar refractivity (Wildman–Crippen MR) is 60.9 cm³/mol. The fourth-order valence-electron chi connectivity index (χ4n) is 1.24. The lowest BCUT2D eigenvalue weighted by molar-refractivity contribution is -0.142. The number of rotatable bonds is 6. The number of nitriles is 1. The Morgan fingerprint density at radius 2 is 2.20 bits per heavy atom. The van der Waals surface area contributed by atoms with Crippen molar-refractivity contribution in [1.82, 2.24) is 4.98 Å². The van der Waals surface area contributed by atoms with Crippen molar-refractivity contribution in [2.24, 2.45) is 0 Å². The average molecular weight is 289 g/mol. The normalized spacial score (nSPS) is 10.9. The molecule has 1 heterocycles. The van der Waals surface area contributed by atoms with E-state index in [0.717, 1.165) is 6.07 Å². The summed E-state index contributed by atoms with van der Waals surface area (Å²) in [6.45, 7) is -0.534. The molecule has 0 amide bonds. The predicted octanol–water partition coefficient (Wildman–Crippen LogP) is 1.49. The van der Waals surface area contributed by atoms with Crippen LogP contribution in [0.25, 0.3) is 0 Å². The number of nitrogens with one attached hydrogen (secondary N) is 1. The van der Waals surface area contributed by atoms with Crippen LogP contribution >= 0.6 is 0 Å². The Bertz CT molecular complexity index is 526. The van der Waals surface area contributed by atoms with Crippen LogP contribution < -0.4 is 5.32 Å². The van der Waals surface area contributed by atoms with Gasteiger partial charge in [0.15, 0.2) is 0 Å². The molecule has 1 aromatic heterocycles. The van der Waals surface area contributed by atoms with Crippen LogP contribution in [0.3, 0.4) is 0 Å². The van der Waals surface area contributed by atoms with Gasteiger partial charge in [0.25, 0.3) is 0 Å². The second kappa shape index (κ2) is 6.72.